The van der Waals surface area contributed by atoms with E-state index >= 15 is 0 Å². The van der Waals surface area contributed by atoms with E-state index in [9.17, 15) is 4.79 Å². The van der Waals surface area contributed by atoms with Crippen LogP contribution < -0.4 is 0 Å². The van der Waals surface area contributed by atoms with Crippen molar-refractivity contribution >= 4 is 21.8 Å². The lowest BCUT2D eigenvalue weighted by Gasteiger charge is -2.34. The summed E-state index contributed by atoms with van der Waals surface area (Å²) < 4.78 is 14.1. The van der Waals surface area contributed by atoms with Crippen molar-refractivity contribution in [2.24, 2.45) is 5.92 Å². The lowest BCUT2D eigenvalue weighted by molar-refractivity contribution is -0.0969. The Morgan fingerprint density at radius 2 is 1.96 bits per heavy atom. The lowest BCUT2D eigenvalue weighted by Crippen LogP contribution is -2.44. The van der Waals surface area contributed by atoms with Gasteiger partial charge in [-0.1, -0.05) is 15.9 Å². The van der Waals surface area contributed by atoms with Crippen LogP contribution in [0.15, 0.2) is 34.9 Å². The molecule has 1 aromatic carbocycles. The van der Waals surface area contributed by atoms with Gasteiger partial charge in [0.2, 0.25) is 0 Å². The highest BCUT2D eigenvalue weighted by molar-refractivity contribution is 9.10. The van der Waals surface area contributed by atoms with Crippen molar-refractivity contribution in [3.63, 3.8) is 0 Å². The largest absolute Gasteiger partial charge is 0.350 e. The molecule has 138 valence electrons. The molecule has 1 atom stereocenters. The van der Waals surface area contributed by atoms with Crippen LogP contribution in [0.5, 0.6) is 0 Å². The maximum Gasteiger partial charge on any atom is 0.257 e. The molecule has 0 N–H and O–H groups in total. The van der Waals surface area contributed by atoms with Gasteiger partial charge >= 0.3 is 0 Å². The van der Waals surface area contributed by atoms with Crippen LogP contribution in [0.3, 0.4) is 0 Å². The van der Waals surface area contributed by atoms with E-state index < -0.39 is 0 Å². The van der Waals surface area contributed by atoms with Crippen LogP contribution in [0.1, 0.15) is 28.9 Å². The Balaban J connectivity index is 1.52. The first-order valence-electron chi connectivity index (χ1n) is 8.96. The van der Waals surface area contributed by atoms with Crippen LogP contribution in [-0.4, -0.2) is 53.2 Å². The Bertz CT molecular complexity index is 784. The fourth-order valence-corrected chi connectivity index (χ4v) is 3.96. The molecule has 4 rings (SSSR count). The number of hydrogen-bond acceptors (Lipinski definition) is 4. The monoisotopic (exact) mass is 419 g/mol. The number of ether oxygens (including phenoxy) is 2. The molecule has 1 unspecified atom stereocenters. The van der Waals surface area contributed by atoms with Crippen molar-refractivity contribution in [3.8, 4) is 5.69 Å². The zero-order valence-corrected chi connectivity index (χ0v) is 16.3. The lowest BCUT2D eigenvalue weighted by atomic mass is 9.97. The molecule has 1 amide bonds. The zero-order chi connectivity index (χ0) is 18.1. The Labute approximate surface area is 161 Å². The maximum atomic E-state index is 13.1. The van der Waals surface area contributed by atoms with Gasteiger partial charge in [0.25, 0.3) is 5.91 Å². The van der Waals surface area contributed by atoms with Crippen LogP contribution in [0.25, 0.3) is 5.69 Å². The van der Waals surface area contributed by atoms with Gasteiger partial charge in [-0.05, 0) is 44.0 Å². The van der Waals surface area contributed by atoms with Crippen molar-refractivity contribution in [3.05, 3.63) is 46.2 Å². The maximum absolute atomic E-state index is 13.1. The standard InChI is InChI=1S/C19H22BrN3O3/c1-13-17(11-21-23(13)16-6-4-15(20)5-7-16)18(24)22-8-2-3-14(12-22)19-25-9-10-26-19/h4-7,11,14,19H,2-3,8-10,12H2,1H3. The number of halogens is 1. The van der Waals surface area contributed by atoms with Gasteiger partial charge in [-0.15, -0.1) is 0 Å². The molecule has 2 aliphatic heterocycles. The Morgan fingerprint density at radius 3 is 2.69 bits per heavy atom. The first-order chi connectivity index (χ1) is 12.6. The Hall–Kier alpha value is -1.70. The molecule has 2 fully saturated rings. The summed E-state index contributed by atoms with van der Waals surface area (Å²) in [6.07, 6.45) is 3.51. The van der Waals surface area contributed by atoms with Gasteiger partial charge in [0.05, 0.1) is 36.4 Å². The summed E-state index contributed by atoms with van der Waals surface area (Å²) in [4.78, 5) is 15.0. The van der Waals surface area contributed by atoms with Crippen molar-refractivity contribution in [2.45, 2.75) is 26.1 Å². The summed E-state index contributed by atoms with van der Waals surface area (Å²) in [5.41, 5.74) is 2.45. The van der Waals surface area contributed by atoms with Crippen LogP contribution in [-0.2, 0) is 9.47 Å². The minimum Gasteiger partial charge on any atom is -0.350 e. The van der Waals surface area contributed by atoms with Gasteiger partial charge in [0, 0.05) is 23.5 Å². The molecule has 7 heteroatoms. The highest BCUT2D eigenvalue weighted by Gasteiger charge is 2.33. The first kappa shape index (κ1) is 17.7. The molecule has 1 aromatic heterocycles. The van der Waals surface area contributed by atoms with Gasteiger partial charge in [-0.2, -0.15) is 5.10 Å². The number of carbonyl (C=O) groups excluding carboxylic acids is 1. The number of carbonyl (C=O) groups is 1. The minimum absolute atomic E-state index is 0.0357. The van der Waals surface area contributed by atoms with Gasteiger partial charge in [-0.25, -0.2) is 4.68 Å². The molecule has 6 nitrogen and oxygen atoms in total. The molecule has 2 aromatic rings. The molecule has 0 radical (unpaired) electrons. The van der Waals surface area contributed by atoms with Gasteiger partial charge in [0.15, 0.2) is 6.29 Å². The van der Waals surface area contributed by atoms with Gasteiger partial charge in [0.1, 0.15) is 0 Å². The van der Waals surface area contributed by atoms with Crippen LogP contribution >= 0.6 is 15.9 Å². The number of hydrogen-bond donors (Lipinski definition) is 0. The molecule has 0 aliphatic carbocycles. The quantitative estimate of drug-likeness (QED) is 0.766. The van der Waals surface area contributed by atoms with Gasteiger partial charge in [-0.3, -0.25) is 4.79 Å². The second-order valence-corrected chi connectivity index (χ2v) is 7.71. The average molecular weight is 420 g/mol. The summed E-state index contributed by atoms with van der Waals surface area (Å²) in [5.74, 6) is 0.283. The zero-order valence-electron chi connectivity index (χ0n) is 14.7. The molecule has 0 saturated carbocycles. The summed E-state index contributed by atoms with van der Waals surface area (Å²) in [7, 11) is 0. The number of benzene rings is 1. The van der Waals surface area contributed by atoms with E-state index in [0.717, 1.165) is 35.2 Å². The van der Waals surface area contributed by atoms with Crippen molar-refractivity contribution in [2.75, 3.05) is 26.3 Å². The topological polar surface area (TPSA) is 56.6 Å². The van der Waals surface area contributed by atoms with Crippen LogP contribution in [0, 0.1) is 12.8 Å². The molecule has 0 bridgehead atoms. The predicted molar refractivity (Wildman–Crippen MR) is 100 cm³/mol. The predicted octanol–water partition coefficient (Wildman–Crippen LogP) is 3.17. The van der Waals surface area contributed by atoms with E-state index in [0.29, 0.717) is 25.3 Å². The number of piperidine rings is 1. The summed E-state index contributed by atoms with van der Waals surface area (Å²) in [6, 6.07) is 7.89. The van der Waals surface area contributed by atoms with Crippen molar-refractivity contribution in [1.29, 1.82) is 0 Å². The number of likely N-dealkylation sites (tertiary alicyclic amines) is 1. The Kier molecular flexibility index (Phi) is 5.11. The van der Waals surface area contributed by atoms with E-state index in [4.69, 9.17) is 9.47 Å². The molecular weight excluding hydrogens is 398 g/mol. The summed E-state index contributed by atoms with van der Waals surface area (Å²) >= 11 is 3.44. The number of amides is 1. The van der Waals surface area contributed by atoms with E-state index in [2.05, 4.69) is 21.0 Å². The summed E-state index contributed by atoms with van der Waals surface area (Å²) in [6.45, 7) is 4.67. The SMILES string of the molecule is Cc1c(C(=O)N2CCCC(C3OCCO3)C2)cnn1-c1ccc(Br)cc1. The van der Waals surface area contributed by atoms with E-state index in [1.807, 2.05) is 40.8 Å². The number of nitrogens with zero attached hydrogens (tertiary/aromatic N) is 3. The molecule has 2 saturated heterocycles. The average Bonchev–Trinajstić information content (AvgIpc) is 3.32. The van der Waals surface area contributed by atoms with Gasteiger partial charge < -0.3 is 14.4 Å². The third-order valence-electron chi connectivity index (χ3n) is 5.09. The van der Waals surface area contributed by atoms with Crippen LogP contribution in [0.4, 0.5) is 0 Å². The second-order valence-electron chi connectivity index (χ2n) is 6.80. The van der Waals surface area contributed by atoms with E-state index in [-0.39, 0.29) is 18.1 Å². The first-order valence-corrected chi connectivity index (χ1v) is 9.76. The molecule has 2 aliphatic rings. The third-order valence-corrected chi connectivity index (χ3v) is 5.62. The molecule has 0 spiro atoms. The van der Waals surface area contributed by atoms with Crippen LogP contribution in [0.2, 0.25) is 0 Å². The highest BCUT2D eigenvalue weighted by atomic mass is 79.9. The van der Waals surface area contributed by atoms with E-state index in [1.165, 1.54) is 0 Å². The smallest absolute Gasteiger partial charge is 0.257 e. The molecular formula is C19H22BrN3O3. The third kappa shape index (κ3) is 3.43. The van der Waals surface area contributed by atoms with Crippen molar-refractivity contribution in [1.82, 2.24) is 14.7 Å². The fraction of sp³-hybridized carbons (Fsp3) is 0.474. The van der Waals surface area contributed by atoms with E-state index in [1.54, 1.807) is 6.20 Å². The number of rotatable bonds is 3. The minimum atomic E-state index is -0.169. The molecule has 26 heavy (non-hydrogen) atoms. The fourth-order valence-electron chi connectivity index (χ4n) is 3.70. The summed E-state index contributed by atoms with van der Waals surface area (Å²) in [5, 5.41) is 4.43. The molecule has 3 heterocycles. The Morgan fingerprint density at radius 1 is 1.23 bits per heavy atom. The van der Waals surface area contributed by atoms with Crippen molar-refractivity contribution < 1.29 is 14.3 Å². The highest BCUT2D eigenvalue weighted by Crippen LogP contribution is 2.26. The number of aromatic nitrogens is 2. The normalized spacial score (nSPS) is 21.3. The second kappa shape index (κ2) is 7.50.